The van der Waals surface area contributed by atoms with Crippen LogP contribution < -0.4 is 0 Å². The van der Waals surface area contributed by atoms with Crippen LogP contribution in [0.3, 0.4) is 0 Å². The molecule has 26 heavy (non-hydrogen) atoms. The Morgan fingerprint density at radius 1 is 1.38 bits per heavy atom. The molecule has 3 atom stereocenters. The number of fused-ring (bicyclic) bond motifs is 2. The van der Waals surface area contributed by atoms with Gasteiger partial charge in [0.1, 0.15) is 0 Å². The highest BCUT2D eigenvalue weighted by Gasteiger charge is 2.43. The number of nitrogens with zero attached hydrogens (tertiary/aromatic N) is 1. The molecule has 1 aliphatic carbocycles. The number of benzene rings is 1. The first-order valence-corrected chi connectivity index (χ1v) is 10.7. The summed E-state index contributed by atoms with van der Waals surface area (Å²) < 4.78 is 28.6. The van der Waals surface area contributed by atoms with Gasteiger partial charge in [-0.2, -0.15) is 8.42 Å². The van der Waals surface area contributed by atoms with Crippen molar-refractivity contribution >= 4 is 26.9 Å². The fourth-order valence-electron chi connectivity index (χ4n) is 4.76. The van der Waals surface area contributed by atoms with E-state index in [2.05, 4.69) is 21.3 Å². The third-order valence-electron chi connectivity index (χ3n) is 5.87. The van der Waals surface area contributed by atoms with Crippen molar-refractivity contribution in [3.63, 3.8) is 0 Å². The molecule has 2 aliphatic rings. The number of carbonyl (C=O) groups excluding carboxylic acids is 1. The Morgan fingerprint density at radius 3 is 2.92 bits per heavy atom. The molecule has 2 heterocycles. The van der Waals surface area contributed by atoms with Crippen molar-refractivity contribution in [1.29, 1.82) is 0 Å². The number of nitrogens with one attached hydrogen (secondary N) is 1. The quantitative estimate of drug-likeness (QED) is 0.831. The molecule has 1 saturated heterocycles. The summed E-state index contributed by atoms with van der Waals surface area (Å²) in [5.74, 6) is 0.0809. The highest BCUT2D eigenvalue weighted by molar-refractivity contribution is 7.86. The fourth-order valence-corrected chi connectivity index (χ4v) is 5.71. The smallest absolute Gasteiger partial charge is 0.267 e. The molecule has 0 saturated carbocycles. The van der Waals surface area contributed by atoms with E-state index in [1.54, 1.807) is 0 Å². The summed E-state index contributed by atoms with van der Waals surface area (Å²) in [6, 6.07) is 6.31. The van der Waals surface area contributed by atoms with Crippen molar-refractivity contribution in [3.8, 4) is 0 Å². The van der Waals surface area contributed by atoms with Gasteiger partial charge in [0.05, 0.1) is 12.9 Å². The maximum Gasteiger partial charge on any atom is 0.267 e. The number of hydrogen-bond donors (Lipinski definition) is 1. The lowest BCUT2D eigenvalue weighted by Gasteiger charge is -2.47. The molecule has 0 bridgehead atoms. The van der Waals surface area contributed by atoms with Gasteiger partial charge in [-0.25, -0.2) is 0 Å². The minimum atomic E-state index is -3.56. The van der Waals surface area contributed by atoms with Crippen molar-refractivity contribution < 1.29 is 17.4 Å². The number of H-pyrrole nitrogens is 1. The van der Waals surface area contributed by atoms with Gasteiger partial charge < -0.3 is 9.88 Å². The summed E-state index contributed by atoms with van der Waals surface area (Å²) >= 11 is 0. The van der Waals surface area contributed by atoms with Crippen molar-refractivity contribution in [1.82, 2.24) is 9.88 Å². The molecule has 4 rings (SSSR count). The van der Waals surface area contributed by atoms with Crippen LogP contribution in [0, 0.1) is 5.92 Å². The van der Waals surface area contributed by atoms with Crippen LogP contribution in [-0.4, -0.2) is 49.7 Å². The third kappa shape index (κ3) is 2.83. The molecule has 0 radical (unpaired) electrons. The number of hydrogen-bond acceptors (Lipinski definition) is 4. The molecule has 2 unspecified atom stereocenters. The predicted octanol–water partition coefficient (Wildman–Crippen LogP) is 2.41. The first-order chi connectivity index (χ1) is 12.4. The molecule has 0 spiro atoms. The van der Waals surface area contributed by atoms with Gasteiger partial charge in [-0.05, 0) is 36.0 Å². The van der Waals surface area contributed by atoms with Gasteiger partial charge in [-0.1, -0.05) is 19.1 Å². The Kier molecular flexibility index (Phi) is 4.31. The lowest BCUT2D eigenvalue weighted by Crippen LogP contribution is -2.53. The number of piperidine rings is 1. The maximum atomic E-state index is 12.6. The third-order valence-corrected chi connectivity index (χ3v) is 7.26. The van der Waals surface area contributed by atoms with Crippen molar-refractivity contribution in [2.45, 2.75) is 38.1 Å². The molecule has 1 fully saturated rings. The van der Waals surface area contributed by atoms with Crippen LogP contribution in [0.5, 0.6) is 0 Å². The van der Waals surface area contributed by atoms with E-state index in [-0.39, 0.29) is 29.5 Å². The van der Waals surface area contributed by atoms with Crippen molar-refractivity contribution in [2.75, 3.05) is 19.4 Å². The largest absolute Gasteiger partial charge is 0.361 e. The van der Waals surface area contributed by atoms with E-state index in [9.17, 15) is 13.2 Å². The maximum absolute atomic E-state index is 12.6. The SMILES string of the molecule is CCC(=O)N1C[C@H](CS(=O)(=O)OC)CC2c3cccc4[nH]cc(c34)CC21. The summed E-state index contributed by atoms with van der Waals surface area (Å²) in [6.45, 7) is 2.34. The number of aromatic amines is 1. The Labute approximate surface area is 153 Å². The van der Waals surface area contributed by atoms with Gasteiger partial charge >= 0.3 is 0 Å². The molecule has 2 aromatic rings. The highest BCUT2D eigenvalue weighted by Crippen LogP contribution is 2.45. The molecule has 1 amide bonds. The number of rotatable bonds is 4. The van der Waals surface area contributed by atoms with Crippen LogP contribution in [0.25, 0.3) is 10.9 Å². The van der Waals surface area contributed by atoms with E-state index in [0.717, 1.165) is 18.4 Å². The normalized spacial score (nSPS) is 25.3. The lowest BCUT2D eigenvalue weighted by molar-refractivity contribution is -0.136. The topological polar surface area (TPSA) is 79.5 Å². The first kappa shape index (κ1) is 17.5. The van der Waals surface area contributed by atoms with E-state index < -0.39 is 10.1 Å². The summed E-state index contributed by atoms with van der Waals surface area (Å²) in [4.78, 5) is 17.9. The van der Waals surface area contributed by atoms with Crippen LogP contribution in [-0.2, 0) is 25.5 Å². The van der Waals surface area contributed by atoms with E-state index in [4.69, 9.17) is 0 Å². The van der Waals surface area contributed by atoms with Gasteiger partial charge in [0.15, 0.2) is 0 Å². The van der Waals surface area contributed by atoms with Gasteiger partial charge in [0.2, 0.25) is 5.91 Å². The second-order valence-electron chi connectivity index (χ2n) is 7.35. The van der Waals surface area contributed by atoms with Gasteiger partial charge in [-0.15, -0.1) is 0 Å². The summed E-state index contributed by atoms with van der Waals surface area (Å²) in [5.41, 5.74) is 3.58. The monoisotopic (exact) mass is 376 g/mol. The summed E-state index contributed by atoms with van der Waals surface area (Å²) in [7, 11) is -2.36. The van der Waals surface area contributed by atoms with Gasteiger partial charge in [0.25, 0.3) is 10.1 Å². The Bertz CT molecular complexity index is 950. The minimum absolute atomic E-state index is 0.0455. The lowest BCUT2D eigenvalue weighted by atomic mass is 9.72. The van der Waals surface area contributed by atoms with Crippen LogP contribution in [0.1, 0.15) is 36.8 Å². The molecule has 1 N–H and O–H groups in total. The van der Waals surface area contributed by atoms with E-state index in [0.29, 0.717) is 13.0 Å². The number of amides is 1. The molecule has 1 aliphatic heterocycles. The van der Waals surface area contributed by atoms with E-state index >= 15 is 0 Å². The zero-order chi connectivity index (χ0) is 18.5. The van der Waals surface area contributed by atoms with Crippen LogP contribution in [0.4, 0.5) is 0 Å². The van der Waals surface area contributed by atoms with Gasteiger partial charge in [0, 0.05) is 42.0 Å². The van der Waals surface area contributed by atoms with Crippen LogP contribution in [0.2, 0.25) is 0 Å². The molecule has 1 aromatic heterocycles. The second-order valence-corrected chi connectivity index (χ2v) is 9.14. The molecule has 1 aromatic carbocycles. The Hall–Kier alpha value is -1.86. The minimum Gasteiger partial charge on any atom is -0.361 e. The number of aromatic nitrogens is 1. The first-order valence-electron chi connectivity index (χ1n) is 9.10. The predicted molar refractivity (Wildman–Crippen MR) is 99.4 cm³/mol. The zero-order valence-electron chi connectivity index (χ0n) is 15.1. The molecule has 7 heteroatoms. The molecule has 140 valence electrons. The second kappa shape index (κ2) is 6.39. The Balaban J connectivity index is 1.75. The van der Waals surface area contributed by atoms with E-state index in [1.165, 1.54) is 23.6 Å². The number of carbonyl (C=O) groups is 1. The Morgan fingerprint density at radius 2 is 2.19 bits per heavy atom. The fraction of sp³-hybridized carbons (Fsp3) is 0.526. The molecule has 6 nitrogen and oxygen atoms in total. The number of likely N-dealkylation sites (tertiary alicyclic amines) is 1. The molecular weight excluding hydrogens is 352 g/mol. The van der Waals surface area contributed by atoms with Crippen LogP contribution >= 0.6 is 0 Å². The summed E-state index contributed by atoms with van der Waals surface area (Å²) in [6.07, 6.45) is 4.04. The summed E-state index contributed by atoms with van der Waals surface area (Å²) in [5, 5.41) is 1.24. The van der Waals surface area contributed by atoms with E-state index in [1.807, 2.05) is 24.1 Å². The van der Waals surface area contributed by atoms with Crippen molar-refractivity contribution in [3.05, 3.63) is 35.5 Å². The zero-order valence-corrected chi connectivity index (χ0v) is 15.9. The average Bonchev–Trinajstić information content (AvgIpc) is 3.05. The van der Waals surface area contributed by atoms with Crippen LogP contribution in [0.15, 0.2) is 24.4 Å². The van der Waals surface area contributed by atoms with Gasteiger partial charge in [-0.3, -0.25) is 8.98 Å². The average molecular weight is 376 g/mol. The van der Waals surface area contributed by atoms with Crippen molar-refractivity contribution in [2.24, 2.45) is 5.92 Å². The highest BCUT2D eigenvalue weighted by atomic mass is 32.2. The molecular formula is C19H24N2O4S. The standard InChI is InChI=1S/C19H24N2O4S/c1-3-18(22)21-10-12(11-26(23,24)25-2)7-15-14-5-4-6-16-19(14)13(9-20-16)8-17(15)21/h4-6,9,12,15,17,20H,3,7-8,10-11H2,1-2H3/t12-,15?,17?/m1/s1.